The monoisotopic (exact) mass is 1400 g/mol. The number of phosphoric acid groups is 2. The molecule has 0 saturated carbocycles. The molecule has 0 rings (SSSR count). The number of ether oxygens (including phenoxy) is 4. The van der Waals surface area contributed by atoms with Crippen LogP contribution < -0.4 is 0 Å². The summed E-state index contributed by atoms with van der Waals surface area (Å²) in [5.41, 5.74) is 0. The Kier molecular flexibility index (Phi) is 66.5. The van der Waals surface area contributed by atoms with Crippen LogP contribution in [-0.4, -0.2) is 96.7 Å². The molecule has 3 N–H and O–H groups in total. The van der Waals surface area contributed by atoms with Crippen LogP contribution in [0.25, 0.3) is 0 Å². The lowest BCUT2D eigenvalue weighted by molar-refractivity contribution is -0.161. The zero-order valence-electron chi connectivity index (χ0n) is 62.0. The number of aliphatic hydroxyl groups excluding tert-OH is 1. The average molecular weight is 1400 g/mol. The van der Waals surface area contributed by atoms with Crippen molar-refractivity contribution in [2.75, 3.05) is 39.6 Å². The molecule has 0 heterocycles. The summed E-state index contributed by atoms with van der Waals surface area (Å²) in [6, 6.07) is 0. The summed E-state index contributed by atoms with van der Waals surface area (Å²) >= 11 is 0. The number of aliphatic hydroxyl groups is 1. The van der Waals surface area contributed by atoms with Gasteiger partial charge in [0.2, 0.25) is 0 Å². The van der Waals surface area contributed by atoms with Gasteiger partial charge in [0.25, 0.3) is 0 Å². The molecule has 0 aliphatic rings. The molecule has 0 bridgehead atoms. The number of hydrogen-bond donors (Lipinski definition) is 3. The van der Waals surface area contributed by atoms with Gasteiger partial charge in [0.15, 0.2) is 12.2 Å². The molecule has 0 radical (unpaired) electrons. The van der Waals surface area contributed by atoms with Crippen LogP contribution in [0.3, 0.4) is 0 Å². The van der Waals surface area contributed by atoms with Crippen molar-refractivity contribution in [1.29, 1.82) is 0 Å². The molecule has 564 valence electrons. The third-order valence-corrected chi connectivity index (χ3v) is 20.3. The van der Waals surface area contributed by atoms with Gasteiger partial charge in [0.1, 0.15) is 19.3 Å². The van der Waals surface area contributed by atoms with E-state index in [0.29, 0.717) is 25.7 Å². The first-order chi connectivity index (χ1) is 45.9. The van der Waals surface area contributed by atoms with Crippen molar-refractivity contribution >= 4 is 39.5 Å². The van der Waals surface area contributed by atoms with E-state index in [0.717, 1.165) is 115 Å². The van der Waals surface area contributed by atoms with Crippen LogP contribution >= 0.6 is 15.6 Å². The van der Waals surface area contributed by atoms with E-state index in [1.807, 2.05) is 0 Å². The fourth-order valence-corrected chi connectivity index (χ4v) is 13.2. The Hall–Kier alpha value is -1.94. The first-order valence-electron chi connectivity index (χ1n) is 39.6. The third-order valence-electron chi connectivity index (χ3n) is 18.4. The van der Waals surface area contributed by atoms with E-state index in [9.17, 15) is 43.2 Å². The average Bonchev–Trinajstić information content (AvgIpc) is 1.77. The number of carbonyl (C=O) groups excluding carboxylic acids is 4. The molecule has 0 saturated heterocycles. The highest BCUT2D eigenvalue weighted by Gasteiger charge is 2.30. The van der Waals surface area contributed by atoms with E-state index in [4.69, 9.17) is 37.0 Å². The number of rotatable bonds is 75. The highest BCUT2D eigenvalue weighted by molar-refractivity contribution is 7.47. The minimum absolute atomic E-state index is 0.106. The van der Waals surface area contributed by atoms with Gasteiger partial charge in [-0.05, 0) is 37.5 Å². The Bertz CT molecular complexity index is 1840. The first kappa shape index (κ1) is 93.1. The SMILES string of the molecule is CCCCCCCCCCCCCCCCCCCCCCC(=O)O[C@H](COC(=O)CCCCCCCCCCCCC(C)CC)COP(=O)(O)OC[C@@H](O)COP(=O)(O)OC[C@@H](COC(=O)CCCCCCCCC)OC(=O)CCCCCCCCCCCCC(C)CC. The molecular weight excluding hydrogens is 1250 g/mol. The maximum atomic E-state index is 13.1. The highest BCUT2D eigenvalue weighted by atomic mass is 31.2. The van der Waals surface area contributed by atoms with Crippen LogP contribution in [0.4, 0.5) is 0 Å². The normalized spacial score (nSPS) is 14.6. The van der Waals surface area contributed by atoms with Crippen LogP contribution in [0, 0.1) is 11.8 Å². The lowest BCUT2D eigenvalue weighted by atomic mass is 9.99. The number of esters is 4. The second-order valence-electron chi connectivity index (χ2n) is 27.9. The zero-order valence-corrected chi connectivity index (χ0v) is 63.8. The standard InChI is InChI=1S/C76H148O17P2/c1-7-11-13-15-17-18-19-20-21-22-23-24-25-26-27-28-36-42-48-54-60-75(80)93-72(65-87-74(79)59-53-47-41-35-31-29-33-39-44-50-56-68(5)9-3)67-91-95(84,85)89-63-70(77)62-88-94(82,83)90-66-71(64-86-73(78)58-52-46-38-16-14-12-8-2)92-76(81)61-55-49-43-37-32-30-34-40-45-51-57-69(6)10-4/h68-72,77H,7-67H2,1-6H3,(H,82,83)(H,84,85)/t68?,69?,70-,71+,72+/m0/s1. The van der Waals surface area contributed by atoms with Crippen molar-refractivity contribution in [3.05, 3.63) is 0 Å². The van der Waals surface area contributed by atoms with Crippen molar-refractivity contribution in [3.63, 3.8) is 0 Å². The van der Waals surface area contributed by atoms with Crippen LogP contribution in [-0.2, 0) is 65.4 Å². The highest BCUT2D eigenvalue weighted by Crippen LogP contribution is 2.45. The fourth-order valence-electron chi connectivity index (χ4n) is 11.6. The predicted molar refractivity (Wildman–Crippen MR) is 386 cm³/mol. The molecule has 0 amide bonds. The third kappa shape index (κ3) is 67.6. The summed E-state index contributed by atoms with van der Waals surface area (Å²) in [5, 5.41) is 10.6. The van der Waals surface area contributed by atoms with Gasteiger partial charge in [0, 0.05) is 25.7 Å². The van der Waals surface area contributed by atoms with Crippen LogP contribution in [0.5, 0.6) is 0 Å². The van der Waals surface area contributed by atoms with Gasteiger partial charge in [0.05, 0.1) is 26.4 Å². The molecule has 0 aliphatic carbocycles. The van der Waals surface area contributed by atoms with Gasteiger partial charge < -0.3 is 33.8 Å². The van der Waals surface area contributed by atoms with E-state index >= 15 is 0 Å². The minimum Gasteiger partial charge on any atom is -0.462 e. The number of phosphoric ester groups is 2. The molecule has 0 aromatic carbocycles. The summed E-state index contributed by atoms with van der Waals surface area (Å²) in [4.78, 5) is 72.7. The van der Waals surface area contributed by atoms with Gasteiger partial charge in [-0.3, -0.25) is 37.3 Å². The Labute approximate surface area is 581 Å². The maximum Gasteiger partial charge on any atom is 0.472 e. The first-order valence-corrected chi connectivity index (χ1v) is 42.6. The van der Waals surface area contributed by atoms with Crippen molar-refractivity contribution < 1.29 is 80.2 Å². The molecular formula is C76H148O17P2. The summed E-state index contributed by atoms with van der Waals surface area (Å²) in [6.07, 6.45) is 55.5. The second kappa shape index (κ2) is 67.9. The Morgan fingerprint density at radius 1 is 0.295 bits per heavy atom. The predicted octanol–water partition coefficient (Wildman–Crippen LogP) is 22.3. The minimum atomic E-state index is -4.96. The van der Waals surface area contributed by atoms with Gasteiger partial charge in [-0.25, -0.2) is 9.13 Å². The van der Waals surface area contributed by atoms with Crippen molar-refractivity contribution in [2.24, 2.45) is 11.8 Å². The lowest BCUT2D eigenvalue weighted by Crippen LogP contribution is -2.30. The van der Waals surface area contributed by atoms with E-state index in [-0.39, 0.29) is 25.7 Å². The number of carbonyl (C=O) groups is 4. The molecule has 0 aromatic heterocycles. The molecule has 19 heteroatoms. The second-order valence-corrected chi connectivity index (χ2v) is 30.8. The van der Waals surface area contributed by atoms with Crippen LogP contribution in [0.1, 0.15) is 395 Å². The van der Waals surface area contributed by atoms with Gasteiger partial charge >= 0.3 is 39.5 Å². The van der Waals surface area contributed by atoms with Gasteiger partial charge in [-0.1, -0.05) is 343 Å². The summed E-state index contributed by atoms with van der Waals surface area (Å²) in [7, 11) is -9.91. The molecule has 4 unspecified atom stereocenters. The Morgan fingerprint density at radius 2 is 0.505 bits per heavy atom. The van der Waals surface area contributed by atoms with E-state index in [2.05, 4.69) is 41.5 Å². The van der Waals surface area contributed by atoms with E-state index in [1.165, 1.54) is 199 Å². The molecule has 0 fully saturated rings. The van der Waals surface area contributed by atoms with E-state index in [1.54, 1.807) is 0 Å². The van der Waals surface area contributed by atoms with E-state index < -0.39 is 97.5 Å². The summed E-state index contributed by atoms with van der Waals surface area (Å²) in [6.45, 7) is 9.61. The number of unbranched alkanes of at least 4 members (excludes halogenated alkanes) is 43. The molecule has 17 nitrogen and oxygen atoms in total. The summed E-state index contributed by atoms with van der Waals surface area (Å²) in [5.74, 6) is -0.508. The van der Waals surface area contributed by atoms with Gasteiger partial charge in [-0.15, -0.1) is 0 Å². The van der Waals surface area contributed by atoms with Gasteiger partial charge in [-0.2, -0.15) is 0 Å². The quantitative estimate of drug-likeness (QED) is 0.0222. The summed E-state index contributed by atoms with van der Waals surface area (Å²) < 4.78 is 68.4. The Balaban J connectivity index is 5.19. The van der Waals surface area contributed by atoms with Crippen molar-refractivity contribution in [2.45, 2.75) is 413 Å². The molecule has 0 aromatic rings. The topological polar surface area (TPSA) is 237 Å². The maximum absolute atomic E-state index is 13.1. The lowest BCUT2D eigenvalue weighted by Gasteiger charge is -2.21. The molecule has 0 aliphatic heterocycles. The molecule has 95 heavy (non-hydrogen) atoms. The molecule has 0 spiro atoms. The molecule has 7 atom stereocenters. The number of hydrogen-bond acceptors (Lipinski definition) is 15. The largest absolute Gasteiger partial charge is 0.472 e. The van der Waals surface area contributed by atoms with Crippen LogP contribution in [0.15, 0.2) is 0 Å². The fraction of sp³-hybridized carbons (Fsp3) is 0.947. The zero-order chi connectivity index (χ0) is 70.0. The van der Waals surface area contributed by atoms with Crippen molar-refractivity contribution in [1.82, 2.24) is 0 Å². The van der Waals surface area contributed by atoms with Crippen molar-refractivity contribution in [3.8, 4) is 0 Å². The Morgan fingerprint density at radius 3 is 0.747 bits per heavy atom. The van der Waals surface area contributed by atoms with Crippen LogP contribution in [0.2, 0.25) is 0 Å². The smallest absolute Gasteiger partial charge is 0.462 e.